The summed E-state index contributed by atoms with van der Waals surface area (Å²) in [4.78, 5) is 16.6. The number of thiazole rings is 1. The van der Waals surface area contributed by atoms with Crippen molar-refractivity contribution in [2.45, 2.75) is 0 Å². The summed E-state index contributed by atoms with van der Waals surface area (Å²) in [6, 6.07) is 7.73. The number of para-hydroxylation sites is 1. The summed E-state index contributed by atoms with van der Waals surface area (Å²) in [5, 5.41) is 7.38. The van der Waals surface area contributed by atoms with Crippen LogP contribution in [0.2, 0.25) is 0 Å². The number of hydrogen-bond donors (Lipinski definition) is 1. The first-order chi connectivity index (χ1) is 9.67. The lowest BCUT2D eigenvalue weighted by atomic mass is 10.3. The quantitative estimate of drug-likeness (QED) is 0.803. The SMILES string of the molecule is COc1nn(C)cc1C(=O)Nc1nc2ccccc2s1. The van der Waals surface area contributed by atoms with Crippen molar-refractivity contribution in [1.82, 2.24) is 14.8 Å². The second kappa shape index (κ2) is 4.93. The van der Waals surface area contributed by atoms with E-state index in [1.807, 2.05) is 24.3 Å². The molecule has 0 bridgehead atoms. The van der Waals surface area contributed by atoms with Crippen LogP contribution < -0.4 is 10.1 Å². The molecule has 0 aliphatic rings. The number of ether oxygens (including phenoxy) is 1. The third-order valence-electron chi connectivity index (χ3n) is 2.75. The molecule has 1 amide bonds. The van der Waals surface area contributed by atoms with Gasteiger partial charge >= 0.3 is 0 Å². The van der Waals surface area contributed by atoms with Crippen LogP contribution in [0.4, 0.5) is 5.13 Å². The van der Waals surface area contributed by atoms with Gasteiger partial charge in [-0.05, 0) is 12.1 Å². The predicted molar refractivity (Wildman–Crippen MR) is 77.3 cm³/mol. The molecule has 0 saturated heterocycles. The third kappa shape index (κ3) is 2.23. The number of aryl methyl sites for hydroxylation is 1. The molecule has 0 atom stereocenters. The number of rotatable bonds is 3. The molecule has 3 aromatic rings. The van der Waals surface area contributed by atoms with Crippen LogP contribution >= 0.6 is 11.3 Å². The van der Waals surface area contributed by atoms with Crippen LogP contribution in [0.3, 0.4) is 0 Å². The molecule has 20 heavy (non-hydrogen) atoms. The fourth-order valence-corrected chi connectivity index (χ4v) is 2.73. The molecule has 7 heteroatoms. The number of aromatic nitrogens is 3. The lowest BCUT2D eigenvalue weighted by Gasteiger charge is -2.00. The number of methoxy groups -OCH3 is 1. The van der Waals surface area contributed by atoms with Gasteiger partial charge in [-0.3, -0.25) is 14.8 Å². The minimum absolute atomic E-state index is 0.283. The van der Waals surface area contributed by atoms with E-state index in [4.69, 9.17) is 4.74 Å². The first-order valence-electron chi connectivity index (χ1n) is 5.92. The fraction of sp³-hybridized carbons (Fsp3) is 0.154. The summed E-state index contributed by atoms with van der Waals surface area (Å²) in [5.74, 6) is 0.0140. The minimum atomic E-state index is -0.283. The molecular formula is C13H12N4O2S. The first kappa shape index (κ1) is 12.6. The van der Waals surface area contributed by atoms with Crippen LogP contribution in [0, 0.1) is 0 Å². The third-order valence-corrected chi connectivity index (χ3v) is 3.70. The standard InChI is InChI=1S/C13H12N4O2S/c1-17-7-8(12(16-17)19-2)11(18)15-13-14-9-5-3-4-6-10(9)20-13/h3-7H,1-2H3,(H,14,15,18). The Labute approximate surface area is 119 Å². The molecule has 0 aliphatic heterocycles. The highest BCUT2D eigenvalue weighted by Crippen LogP contribution is 2.26. The number of anilines is 1. The van der Waals surface area contributed by atoms with Gasteiger partial charge in [0.1, 0.15) is 5.56 Å². The van der Waals surface area contributed by atoms with Crippen molar-refractivity contribution < 1.29 is 9.53 Å². The molecule has 0 spiro atoms. The van der Waals surface area contributed by atoms with Crippen molar-refractivity contribution >= 4 is 32.6 Å². The van der Waals surface area contributed by atoms with E-state index in [0.717, 1.165) is 10.2 Å². The average Bonchev–Trinajstić information content (AvgIpc) is 3.00. The molecule has 2 aromatic heterocycles. The molecule has 0 aliphatic carbocycles. The number of carbonyl (C=O) groups excluding carboxylic acids is 1. The minimum Gasteiger partial charge on any atom is -0.479 e. The van der Waals surface area contributed by atoms with Gasteiger partial charge < -0.3 is 4.74 Å². The maximum absolute atomic E-state index is 12.2. The Morgan fingerprint density at radius 3 is 2.95 bits per heavy atom. The molecule has 1 N–H and O–H groups in total. The van der Waals surface area contributed by atoms with Crippen molar-refractivity contribution in [3.05, 3.63) is 36.0 Å². The summed E-state index contributed by atoms with van der Waals surface area (Å²) in [6.45, 7) is 0. The monoisotopic (exact) mass is 288 g/mol. The molecule has 102 valence electrons. The molecule has 1 aromatic carbocycles. The predicted octanol–water partition coefficient (Wildman–Crippen LogP) is 2.29. The van der Waals surface area contributed by atoms with Crippen molar-refractivity contribution in [2.75, 3.05) is 12.4 Å². The largest absolute Gasteiger partial charge is 0.479 e. The van der Waals surface area contributed by atoms with Crippen molar-refractivity contribution in [3.63, 3.8) is 0 Å². The van der Waals surface area contributed by atoms with Crippen LogP contribution in [-0.4, -0.2) is 27.8 Å². The normalized spacial score (nSPS) is 10.7. The van der Waals surface area contributed by atoms with E-state index in [2.05, 4.69) is 15.4 Å². The van der Waals surface area contributed by atoms with Crippen LogP contribution in [-0.2, 0) is 7.05 Å². The highest BCUT2D eigenvalue weighted by molar-refractivity contribution is 7.22. The topological polar surface area (TPSA) is 69.0 Å². The Balaban J connectivity index is 1.88. The first-order valence-corrected chi connectivity index (χ1v) is 6.73. The van der Waals surface area contributed by atoms with Gasteiger partial charge in [-0.15, -0.1) is 5.10 Å². The molecule has 3 rings (SSSR count). The van der Waals surface area contributed by atoms with E-state index in [1.54, 1.807) is 13.2 Å². The van der Waals surface area contributed by atoms with E-state index < -0.39 is 0 Å². The average molecular weight is 288 g/mol. The molecule has 0 saturated carbocycles. The molecular weight excluding hydrogens is 276 g/mol. The number of nitrogens with zero attached hydrogens (tertiary/aromatic N) is 3. The number of hydrogen-bond acceptors (Lipinski definition) is 5. The molecule has 0 radical (unpaired) electrons. The van der Waals surface area contributed by atoms with Crippen LogP contribution in [0.25, 0.3) is 10.2 Å². The van der Waals surface area contributed by atoms with Gasteiger partial charge in [-0.1, -0.05) is 23.5 Å². The van der Waals surface area contributed by atoms with Gasteiger partial charge in [0.25, 0.3) is 5.91 Å². The van der Waals surface area contributed by atoms with Gasteiger partial charge in [0.2, 0.25) is 5.88 Å². The van der Waals surface area contributed by atoms with E-state index in [-0.39, 0.29) is 5.91 Å². The van der Waals surface area contributed by atoms with Gasteiger partial charge in [0.05, 0.1) is 17.3 Å². The zero-order chi connectivity index (χ0) is 14.1. The van der Waals surface area contributed by atoms with Crippen LogP contribution in [0.15, 0.2) is 30.5 Å². The van der Waals surface area contributed by atoms with Crippen molar-refractivity contribution in [3.8, 4) is 5.88 Å². The Hall–Kier alpha value is -2.41. The zero-order valence-electron chi connectivity index (χ0n) is 11.0. The summed E-state index contributed by atoms with van der Waals surface area (Å²) in [7, 11) is 3.22. The maximum Gasteiger partial charge on any atom is 0.264 e. The summed E-state index contributed by atoms with van der Waals surface area (Å²) < 4.78 is 7.64. The number of fused-ring (bicyclic) bond motifs is 1. The Bertz CT molecular complexity index is 745. The Morgan fingerprint density at radius 2 is 2.20 bits per heavy atom. The number of carbonyl (C=O) groups is 1. The van der Waals surface area contributed by atoms with E-state index in [0.29, 0.717) is 16.6 Å². The molecule has 0 unspecified atom stereocenters. The van der Waals surface area contributed by atoms with E-state index >= 15 is 0 Å². The Kier molecular flexibility index (Phi) is 3.11. The van der Waals surface area contributed by atoms with Crippen molar-refractivity contribution in [1.29, 1.82) is 0 Å². The second-order valence-electron chi connectivity index (χ2n) is 4.17. The van der Waals surface area contributed by atoms with E-state index in [1.165, 1.54) is 23.1 Å². The summed E-state index contributed by atoms with van der Waals surface area (Å²) in [6.07, 6.45) is 1.61. The van der Waals surface area contributed by atoms with Crippen LogP contribution in [0.5, 0.6) is 5.88 Å². The lowest BCUT2D eigenvalue weighted by Crippen LogP contribution is -2.12. The lowest BCUT2D eigenvalue weighted by molar-refractivity contribution is 0.102. The number of amides is 1. The van der Waals surface area contributed by atoms with Gasteiger partial charge in [-0.25, -0.2) is 4.98 Å². The molecule has 6 nitrogen and oxygen atoms in total. The second-order valence-corrected chi connectivity index (χ2v) is 5.20. The maximum atomic E-state index is 12.2. The van der Waals surface area contributed by atoms with Gasteiger partial charge in [0, 0.05) is 13.2 Å². The summed E-state index contributed by atoms with van der Waals surface area (Å²) >= 11 is 1.43. The summed E-state index contributed by atoms with van der Waals surface area (Å²) in [5.41, 5.74) is 1.25. The van der Waals surface area contributed by atoms with Gasteiger partial charge in [-0.2, -0.15) is 0 Å². The highest BCUT2D eigenvalue weighted by Gasteiger charge is 2.17. The smallest absolute Gasteiger partial charge is 0.264 e. The van der Waals surface area contributed by atoms with Gasteiger partial charge in [0.15, 0.2) is 5.13 Å². The zero-order valence-corrected chi connectivity index (χ0v) is 11.8. The van der Waals surface area contributed by atoms with Crippen LogP contribution in [0.1, 0.15) is 10.4 Å². The van der Waals surface area contributed by atoms with Crippen molar-refractivity contribution in [2.24, 2.45) is 7.05 Å². The number of nitrogens with one attached hydrogen (secondary N) is 1. The highest BCUT2D eigenvalue weighted by atomic mass is 32.1. The molecule has 0 fully saturated rings. The number of benzene rings is 1. The molecule has 2 heterocycles. The Morgan fingerprint density at radius 1 is 1.40 bits per heavy atom. The fourth-order valence-electron chi connectivity index (χ4n) is 1.86. The van der Waals surface area contributed by atoms with E-state index in [9.17, 15) is 4.79 Å².